The maximum atomic E-state index is 12.9. The minimum Gasteiger partial charge on any atom is -0.504 e. The van der Waals surface area contributed by atoms with Crippen molar-refractivity contribution in [3.63, 3.8) is 0 Å². The van der Waals surface area contributed by atoms with Gasteiger partial charge in [0.05, 0.1) is 0 Å². The number of nitrogens with zero attached hydrogens (tertiary/aromatic N) is 1. The Hall–Kier alpha value is -3.15. The van der Waals surface area contributed by atoms with Crippen LogP contribution in [-0.4, -0.2) is 20.9 Å². The summed E-state index contributed by atoms with van der Waals surface area (Å²) >= 11 is 0. The number of ketones is 1. The van der Waals surface area contributed by atoms with Crippen molar-refractivity contribution in [3.8, 4) is 0 Å². The van der Waals surface area contributed by atoms with Crippen molar-refractivity contribution in [1.82, 2.24) is 9.97 Å². The molecule has 0 aliphatic carbocycles. The van der Waals surface area contributed by atoms with Crippen molar-refractivity contribution in [2.75, 3.05) is 0 Å². The fourth-order valence-corrected chi connectivity index (χ4v) is 2.08. The summed E-state index contributed by atoms with van der Waals surface area (Å²) in [5.74, 6) is -0.147. The van der Waals surface area contributed by atoms with Crippen LogP contribution in [0.3, 0.4) is 0 Å². The van der Waals surface area contributed by atoms with Gasteiger partial charge in [-0.3, -0.25) is 4.79 Å². The highest BCUT2D eigenvalue weighted by molar-refractivity contribution is 6.05. The molecule has 0 saturated heterocycles. The quantitative estimate of drug-likeness (QED) is 0.429. The van der Waals surface area contributed by atoms with Crippen molar-refractivity contribution in [2.24, 2.45) is 0 Å². The lowest BCUT2D eigenvalue weighted by Crippen LogP contribution is -1.96. The summed E-state index contributed by atoms with van der Waals surface area (Å²) in [7, 11) is 0. The number of nitrogens with one attached hydrogen (secondary N) is 1. The van der Waals surface area contributed by atoms with Crippen LogP contribution in [0.4, 0.5) is 4.39 Å². The zero-order valence-electron chi connectivity index (χ0n) is 12.0. The van der Waals surface area contributed by atoms with Crippen molar-refractivity contribution >= 4 is 11.5 Å². The number of aromatic amines is 1. The molecule has 0 bridgehead atoms. The van der Waals surface area contributed by atoms with Crippen LogP contribution in [0.25, 0.3) is 5.76 Å². The number of hydrogen-bond acceptors (Lipinski definition) is 4. The molecule has 116 valence electrons. The van der Waals surface area contributed by atoms with Gasteiger partial charge in [0, 0.05) is 24.9 Å². The van der Waals surface area contributed by atoms with Gasteiger partial charge in [-0.25, -0.2) is 9.37 Å². The molecule has 0 saturated carbocycles. The molecule has 1 aromatic carbocycles. The number of carbonyl (C=O) groups is 1. The lowest BCUT2D eigenvalue weighted by atomic mass is 10.1. The molecule has 23 heavy (non-hydrogen) atoms. The number of H-pyrrole nitrogens is 1. The van der Waals surface area contributed by atoms with Gasteiger partial charge in [0.25, 0.3) is 0 Å². The Morgan fingerprint density at radius 3 is 2.74 bits per heavy atom. The smallest absolute Gasteiger partial charge is 0.224 e. The molecule has 0 fully saturated rings. The Labute approximate surface area is 131 Å². The van der Waals surface area contributed by atoms with E-state index in [1.54, 1.807) is 18.2 Å². The van der Waals surface area contributed by atoms with E-state index in [2.05, 4.69) is 9.97 Å². The van der Waals surface area contributed by atoms with Crippen LogP contribution in [0.15, 0.2) is 59.3 Å². The van der Waals surface area contributed by atoms with Crippen LogP contribution >= 0.6 is 0 Å². The largest absolute Gasteiger partial charge is 0.504 e. The molecule has 2 N–H and O–H groups in total. The van der Waals surface area contributed by atoms with Gasteiger partial charge in [-0.2, -0.15) is 0 Å². The van der Waals surface area contributed by atoms with Gasteiger partial charge in [-0.1, -0.05) is 12.1 Å². The first kappa shape index (κ1) is 14.8. The zero-order chi connectivity index (χ0) is 16.2. The topological polar surface area (TPSA) is 79.1 Å². The second kappa shape index (κ2) is 6.31. The van der Waals surface area contributed by atoms with Gasteiger partial charge in [0.15, 0.2) is 17.3 Å². The fraction of sp³-hybridized carbons (Fsp3) is 0.0588. The minimum atomic E-state index is -0.468. The SMILES string of the molecule is O=C(/C=C(/O)c1ncc[nH]1)c1ccc(Cc2ccc(F)cc2)o1. The molecule has 0 spiro atoms. The van der Waals surface area contributed by atoms with Gasteiger partial charge in [-0.15, -0.1) is 0 Å². The average Bonchev–Trinajstić information content (AvgIpc) is 3.21. The number of halogens is 1. The van der Waals surface area contributed by atoms with E-state index in [0.29, 0.717) is 12.2 Å². The van der Waals surface area contributed by atoms with Gasteiger partial charge in [0.1, 0.15) is 11.6 Å². The van der Waals surface area contributed by atoms with Crippen LogP contribution in [0, 0.1) is 5.82 Å². The monoisotopic (exact) mass is 312 g/mol. The van der Waals surface area contributed by atoms with Crippen molar-refractivity contribution < 1.29 is 18.7 Å². The molecular formula is C17H13FN2O3. The van der Waals surface area contributed by atoms with E-state index in [-0.39, 0.29) is 23.2 Å². The maximum Gasteiger partial charge on any atom is 0.224 e. The summed E-state index contributed by atoms with van der Waals surface area (Å²) in [6, 6.07) is 9.26. The molecule has 5 nitrogen and oxygen atoms in total. The van der Waals surface area contributed by atoms with Crippen LogP contribution in [0.5, 0.6) is 0 Å². The Morgan fingerprint density at radius 1 is 1.26 bits per heavy atom. The molecule has 0 radical (unpaired) electrons. The summed E-state index contributed by atoms with van der Waals surface area (Å²) in [6.07, 6.45) is 4.50. The zero-order valence-corrected chi connectivity index (χ0v) is 12.0. The van der Waals surface area contributed by atoms with Crippen molar-refractivity contribution in [2.45, 2.75) is 6.42 Å². The highest BCUT2D eigenvalue weighted by Crippen LogP contribution is 2.16. The lowest BCUT2D eigenvalue weighted by Gasteiger charge is -1.98. The number of carbonyl (C=O) groups excluding carboxylic acids is 1. The summed E-state index contributed by atoms with van der Waals surface area (Å²) in [4.78, 5) is 18.6. The van der Waals surface area contributed by atoms with Gasteiger partial charge in [-0.05, 0) is 29.8 Å². The first-order valence-corrected chi connectivity index (χ1v) is 6.90. The molecule has 6 heteroatoms. The second-order valence-electron chi connectivity index (χ2n) is 4.90. The summed E-state index contributed by atoms with van der Waals surface area (Å²) < 4.78 is 18.3. The Bertz CT molecular complexity index is 833. The molecule has 3 rings (SSSR count). The first-order valence-electron chi connectivity index (χ1n) is 6.90. The van der Waals surface area contributed by atoms with E-state index in [0.717, 1.165) is 11.6 Å². The van der Waals surface area contributed by atoms with Crippen LogP contribution in [0.2, 0.25) is 0 Å². The second-order valence-corrected chi connectivity index (χ2v) is 4.90. The summed E-state index contributed by atoms with van der Waals surface area (Å²) in [5, 5.41) is 9.78. The standard InChI is InChI=1S/C17H13FN2O3/c18-12-3-1-11(2-4-12)9-13-5-6-16(23-13)14(21)10-15(22)17-19-7-8-20-17/h1-8,10,22H,9H2,(H,19,20)/b15-10+. The minimum absolute atomic E-state index is 0.111. The third-order valence-corrected chi connectivity index (χ3v) is 3.20. The van der Waals surface area contributed by atoms with Gasteiger partial charge < -0.3 is 14.5 Å². The number of aliphatic hydroxyl groups is 1. The number of benzene rings is 1. The molecule has 0 atom stereocenters. The molecule has 3 aromatic rings. The average molecular weight is 312 g/mol. The molecule has 0 aliphatic rings. The highest BCUT2D eigenvalue weighted by Gasteiger charge is 2.12. The van der Waals surface area contributed by atoms with Crippen LogP contribution in [-0.2, 0) is 6.42 Å². The lowest BCUT2D eigenvalue weighted by molar-refractivity contribution is 0.101. The van der Waals surface area contributed by atoms with Gasteiger partial charge in [0.2, 0.25) is 5.78 Å². The number of aliphatic hydroxyl groups excluding tert-OH is 1. The van der Waals surface area contributed by atoms with E-state index >= 15 is 0 Å². The molecule has 2 aromatic heterocycles. The predicted molar refractivity (Wildman–Crippen MR) is 81.4 cm³/mol. The van der Waals surface area contributed by atoms with E-state index in [1.165, 1.54) is 30.6 Å². The van der Waals surface area contributed by atoms with Crippen LogP contribution in [0.1, 0.15) is 27.7 Å². The van der Waals surface area contributed by atoms with Crippen molar-refractivity contribution in [3.05, 3.63) is 83.6 Å². The fourth-order valence-electron chi connectivity index (χ4n) is 2.08. The Balaban J connectivity index is 1.72. The predicted octanol–water partition coefficient (Wildman–Crippen LogP) is 3.51. The van der Waals surface area contributed by atoms with E-state index < -0.39 is 5.78 Å². The normalized spacial score (nSPS) is 11.6. The summed E-state index contributed by atoms with van der Waals surface area (Å²) in [5.41, 5.74) is 0.869. The molecular weight excluding hydrogens is 299 g/mol. The number of imidazole rings is 1. The summed E-state index contributed by atoms with van der Waals surface area (Å²) in [6.45, 7) is 0. The number of allylic oxidation sites excluding steroid dienone is 1. The van der Waals surface area contributed by atoms with Crippen LogP contribution < -0.4 is 0 Å². The number of furan rings is 1. The highest BCUT2D eigenvalue weighted by atomic mass is 19.1. The first-order chi connectivity index (χ1) is 11.1. The molecule has 0 aliphatic heterocycles. The van der Waals surface area contributed by atoms with E-state index in [1.807, 2.05) is 0 Å². The van der Waals surface area contributed by atoms with Crippen molar-refractivity contribution in [1.29, 1.82) is 0 Å². The number of hydrogen-bond donors (Lipinski definition) is 2. The van der Waals surface area contributed by atoms with E-state index in [9.17, 15) is 14.3 Å². The van der Waals surface area contributed by atoms with E-state index in [4.69, 9.17) is 4.42 Å². The molecule has 0 unspecified atom stereocenters. The number of aromatic nitrogens is 2. The Kier molecular flexibility index (Phi) is 4.05. The third kappa shape index (κ3) is 3.55. The third-order valence-electron chi connectivity index (χ3n) is 3.20. The van der Waals surface area contributed by atoms with Gasteiger partial charge >= 0.3 is 0 Å². The Morgan fingerprint density at radius 2 is 2.04 bits per heavy atom. The number of rotatable bonds is 5. The molecule has 2 heterocycles. The molecule has 0 amide bonds. The maximum absolute atomic E-state index is 12.9.